The van der Waals surface area contributed by atoms with Crippen LogP contribution in [0.3, 0.4) is 0 Å². The highest BCUT2D eigenvalue weighted by Gasteiger charge is 2.01. The zero-order valence-corrected chi connectivity index (χ0v) is 16.9. The molecule has 0 unspecified atom stereocenters. The predicted octanol–water partition coefficient (Wildman–Crippen LogP) is 6.25. The van der Waals surface area contributed by atoms with Gasteiger partial charge >= 0.3 is 5.97 Å². The minimum absolute atomic E-state index is 0.332. The number of carbonyl (C=O) groups is 1. The number of hydrogen-bond acceptors (Lipinski definition) is 3. The van der Waals surface area contributed by atoms with Gasteiger partial charge in [-0.3, -0.25) is 0 Å². The maximum atomic E-state index is 10.8. The Balaban J connectivity index is 1.81. The molecule has 1 aromatic rings. The van der Waals surface area contributed by atoms with Gasteiger partial charge in [-0.15, -0.1) is 0 Å². The second-order valence-corrected chi connectivity index (χ2v) is 7.48. The lowest BCUT2D eigenvalue weighted by Gasteiger charge is -2.07. The van der Waals surface area contributed by atoms with Crippen LogP contribution in [-0.4, -0.2) is 29.3 Å². The fourth-order valence-electron chi connectivity index (χ4n) is 3.32. The third kappa shape index (κ3) is 13.3. The normalized spacial score (nSPS) is 10.9. The van der Waals surface area contributed by atoms with Gasteiger partial charge in [0.25, 0.3) is 0 Å². The van der Waals surface area contributed by atoms with Gasteiger partial charge in [-0.25, -0.2) is 4.79 Å². The largest absolute Gasteiger partial charge is 0.478 e. The first-order chi connectivity index (χ1) is 13.2. The van der Waals surface area contributed by atoms with Gasteiger partial charge in [0, 0.05) is 18.8 Å². The molecule has 4 heteroatoms. The summed E-state index contributed by atoms with van der Waals surface area (Å²) in [4.78, 5) is 10.8. The number of aromatic carboxylic acids is 1. The SMILES string of the molecule is O=C(O)c1ccc(NCCCCCCCCCCCCCCCCO)cc1. The van der Waals surface area contributed by atoms with Crippen LogP contribution in [0.25, 0.3) is 0 Å². The van der Waals surface area contributed by atoms with E-state index in [1.807, 2.05) is 12.1 Å². The summed E-state index contributed by atoms with van der Waals surface area (Å²) >= 11 is 0. The summed E-state index contributed by atoms with van der Waals surface area (Å²) in [6.07, 6.45) is 18.1. The Hall–Kier alpha value is -1.55. The van der Waals surface area contributed by atoms with E-state index in [9.17, 15) is 4.79 Å². The smallest absolute Gasteiger partial charge is 0.335 e. The molecular weight excluding hydrogens is 338 g/mol. The zero-order chi connectivity index (χ0) is 19.6. The molecule has 0 aliphatic rings. The molecule has 4 nitrogen and oxygen atoms in total. The predicted molar refractivity (Wildman–Crippen MR) is 114 cm³/mol. The number of anilines is 1. The van der Waals surface area contributed by atoms with E-state index in [2.05, 4.69) is 5.32 Å². The average Bonchev–Trinajstić information content (AvgIpc) is 2.68. The average molecular weight is 378 g/mol. The van der Waals surface area contributed by atoms with E-state index in [1.165, 1.54) is 77.0 Å². The lowest BCUT2D eigenvalue weighted by atomic mass is 10.0. The number of aliphatic hydroxyl groups is 1. The first-order valence-corrected chi connectivity index (χ1v) is 10.9. The van der Waals surface area contributed by atoms with Crippen LogP contribution in [-0.2, 0) is 0 Å². The van der Waals surface area contributed by atoms with Gasteiger partial charge in [-0.2, -0.15) is 0 Å². The minimum Gasteiger partial charge on any atom is -0.478 e. The molecule has 0 aliphatic heterocycles. The summed E-state index contributed by atoms with van der Waals surface area (Å²) in [6.45, 7) is 1.30. The molecule has 0 atom stereocenters. The van der Waals surface area contributed by atoms with Crippen LogP contribution in [0, 0.1) is 0 Å². The van der Waals surface area contributed by atoms with Gasteiger partial charge in [0.05, 0.1) is 5.56 Å². The molecule has 154 valence electrons. The first-order valence-electron chi connectivity index (χ1n) is 10.9. The number of benzene rings is 1. The number of aliphatic hydroxyl groups excluding tert-OH is 1. The maximum Gasteiger partial charge on any atom is 0.335 e. The van der Waals surface area contributed by atoms with Gasteiger partial charge in [-0.05, 0) is 37.1 Å². The standard InChI is InChI=1S/C23H39NO3/c25-20-14-12-10-8-6-4-2-1-3-5-7-9-11-13-19-24-22-17-15-21(16-18-22)23(26)27/h15-18,24-25H,1-14,19-20H2,(H,26,27). The number of rotatable bonds is 18. The molecule has 0 heterocycles. The molecule has 0 fully saturated rings. The highest BCUT2D eigenvalue weighted by molar-refractivity contribution is 5.87. The van der Waals surface area contributed by atoms with Crippen molar-refractivity contribution < 1.29 is 15.0 Å². The summed E-state index contributed by atoms with van der Waals surface area (Å²) in [5.41, 5.74) is 1.33. The fourth-order valence-corrected chi connectivity index (χ4v) is 3.32. The zero-order valence-electron chi connectivity index (χ0n) is 16.9. The molecule has 0 aliphatic carbocycles. The van der Waals surface area contributed by atoms with E-state index in [1.54, 1.807) is 12.1 Å². The van der Waals surface area contributed by atoms with Crippen molar-refractivity contribution in [1.82, 2.24) is 0 Å². The molecule has 0 bridgehead atoms. The Kier molecular flexibility index (Phi) is 14.5. The second kappa shape index (κ2) is 16.6. The van der Waals surface area contributed by atoms with Crippen molar-refractivity contribution >= 4 is 11.7 Å². The summed E-state index contributed by atoms with van der Waals surface area (Å²) < 4.78 is 0. The highest BCUT2D eigenvalue weighted by Crippen LogP contribution is 2.13. The van der Waals surface area contributed by atoms with Gasteiger partial charge in [-0.1, -0.05) is 77.0 Å². The van der Waals surface area contributed by atoms with E-state index in [-0.39, 0.29) is 0 Å². The molecule has 1 aromatic carbocycles. The Morgan fingerprint density at radius 3 is 1.48 bits per heavy atom. The van der Waals surface area contributed by atoms with Crippen LogP contribution >= 0.6 is 0 Å². The molecule has 1 rings (SSSR count). The summed E-state index contributed by atoms with van der Waals surface area (Å²) in [5.74, 6) is -0.879. The second-order valence-electron chi connectivity index (χ2n) is 7.48. The van der Waals surface area contributed by atoms with E-state index >= 15 is 0 Å². The minimum atomic E-state index is -0.879. The molecule has 0 saturated carbocycles. The van der Waals surface area contributed by atoms with E-state index < -0.39 is 5.97 Å². The fraction of sp³-hybridized carbons (Fsp3) is 0.696. The summed E-state index contributed by atoms with van der Waals surface area (Å²) in [7, 11) is 0. The van der Waals surface area contributed by atoms with Crippen LogP contribution in [0.5, 0.6) is 0 Å². The quantitative estimate of drug-likeness (QED) is 0.264. The van der Waals surface area contributed by atoms with Crippen molar-refractivity contribution in [3.05, 3.63) is 29.8 Å². The van der Waals surface area contributed by atoms with Gasteiger partial charge < -0.3 is 15.5 Å². The van der Waals surface area contributed by atoms with Crippen molar-refractivity contribution in [3.63, 3.8) is 0 Å². The molecule has 3 N–H and O–H groups in total. The number of nitrogens with one attached hydrogen (secondary N) is 1. The third-order valence-corrected chi connectivity index (χ3v) is 5.05. The molecule has 0 amide bonds. The lowest BCUT2D eigenvalue weighted by molar-refractivity contribution is 0.0697. The van der Waals surface area contributed by atoms with Gasteiger partial charge in [0.2, 0.25) is 0 Å². The number of carboxylic acid groups (broad SMARTS) is 1. The molecule has 0 spiro atoms. The Bertz CT molecular complexity index is 473. The Morgan fingerprint density at radius 2 is 1.07 bits per heavy atom. The van der Waals surface area contributed by atoms with Crippen molar-refractivity contribution in [2.24, 2.45) is 0 Å². The van der Waals surface area contributed by atoms with Gasteiger partial charge in [0.15, 0.2) is 0 Å². The third-order valence-electron chi connectivity index (χ3n) is 5.05. The van der Waals surface area contributed by atoms with Crippen molar-refractivity contribution in [3.8, 4) is 0 Å². The summed E-state index contributed by atoms with van der Waals surface area (Å²) in [5, 5.41) is 20.9. The first kappa shape index (κ1) is 23.5. The van der Waals surface area contributed by atoms with Crippen molar-refractivity contribution in [2.75, 3.05) is 18.5 Å². The van der Waals surface area contributed by atoms with Crippen molar-refractivity contribution in [2.45, 2.75) is 89.9 Å². The lowest BCUT2D eigenvalue weighted by Crippen LogP contribution is -2.02. The number of hydrogen-bond donors (Lipinski definition) is 3. The highest BCUT2D eigenvalue weighted by atomic mass is 16.4. The molecule has 0 aromatic heterocycles. The maximum absolute atomic E-state index is 10.8. The Labute approximate surface area is 165 Å². The number of unbranched alkanes of at least 4 members (excludes halogenated alkanes) is 13. The molecule has 27 heavy (non-hydrogen) atoms. The molecule has 0 radical (unpaired) electrons. The van der Waals surface area contributed by atoms with Crippen LogP contribution in [0.4, 0.5) is 5.69 Å². The van der Waals surface area contributed by atoms with Crippen LogP contribution in [0.15, 0.2) is 24.3 Å². The van der Waals surface area contributed by atoms with Gasteiger partial charge in [0.1, 0.15) is 0 Å². The summed E-state index contributed by atoms with van der Waals surface area (Å²) in [6, 6.07) is 6.95. The van der Waals surface area contributed by atoms with Crippen molar-refractivity contribution in [1.29, 1.82) is 0 Å². The van der Waals surface area contributed by atoms with Crippen LogP contribution < -0.4 is 5.32 Å². The monoisotopic (exact) mass is 377 g/mol. The Morgan fingerprint density at radius 1 is 0.667 bits per heavy atom. The van der Waals surface area contributed by atoms with Crippen LogP contribution in [0.1, 0.15) is 100 Å². The molecule has 0 saturated heterocycles. The van der Waals surface area contributed by atoms with E-state index in [0.29, 0.717) is 12.2 Å². The molecular formula is C23H39NO3. The number of carboxylic acids is 1. The van der Waals surface area contributed by atoms with Crippen LogP contribution in [0.2, 0.25) is 0 Å². The van der Waals surface area contributed by atoms with E-state index in [4.69, 9.17) is 10.2 Å². The van der Waals surface area contributed by atoms with E-state index in [0.717, 1.165) is 25.1 Å². The topological polar surface area (TPSA) is 69.6 Å².